The highest BCUT2D eigenvalue weighted by molar-refractivity contribution is 5.70. The van der Waals surface area contributed by atoms with Crippen molar-refractivity contribution >= 4 is 12.0 Å². The Morgan fingerprint density at radius 1 is 1.25 bits per heavy atom. The Bertz CT molecular complexity index is 590. The second kappa shape index (κ2) is 6.52. The fourth-order valence-electron chi connectivity index (χ4n) is 4.03. The van der Waals surface area contributed by atoms with E-state index in [4.69, 9.17) is 9.94 Å². The Hall–Kier alpha value is -1.93. The van der Waals surface area contributed by atoms with E-state index in [9.17, 15) is 4.79 Å². The number of carbonyl (C=O) groups excluding carboxylic acids is 1. The van der Waals surface area contributed by atoms with Gasteiger partial charge in [0.25, 0.3) is 0 Å². The lowest BCUT2D eigenvalue weighted by molar-refractivity contribution is 0.0603. The van der Waals surface area contributed by atoms with Crippen molar-refractivity contribution in [2.24, 2.45) is 0 Å². The number of rotatable bonds is 4. The number of fused-ring (bicyclic) bond motifs is 2. The normalized spacial score (nSPS) is 26.4. The van der Waals surface area contributed by atoms with Crippen LogP contribution in [0.2, 0.25) is 0 Å². The Kier molecular flexibility index (Phi) is 4.24. The number of piperazine rings is 1. The molecule has 0 radical (unpaired) electrons. The molecule has 1 saturated carbocycles. The van der Waals surface area contributed by atoms with Gasteiger partial charge >= 0.3 is 6.09 Å². The van der Waals surface area contributed by atoms with Gasteiger partial charge in [0.15, 0.2) is 0 Å². The highest BCUT2D eigenvalue weighted by Gasteiger charge is 2.47. The summed E-state index contributed by atoms with van der Waals surface area (Å²) in [5.74, 6) is 0.688. The lowest BCUT2D eigenvalue weighted by Crippen LogP contribution is -2.50. The quantitative estimate of drug-likeness (QED) is 0.803. The van der Waals surface area contributed by atoms with Gasteiger partial charge in [-0.25, -0.2) is 20.2 Å². The number of hydroxylamine groups is 1. The van der Waals surface area contributed by atoms with Crippen LogP contribution in [0.15, 0.2) is 12.4 Å². The molecule has 0 aromatic carbocycles. The van der Waals surface area contributed by atoms with Gasteiger partial charge in [0, 0.05) is 37.6 Å². The summed E-state index contributed by atoms with van der Waals surface area (Å²) < 4.78 is 5.64. The standard InChI is InChI=1S/C16H23N5O3/c22-16(24-14-3-1-2-4-14)21-10-12-5-13(21)9-20(12)15-17-6-11(7-18-15)8-19-23/h6-7,12-14,19,23H,1-5,8-10H2/t12-,13-/m0/s1. The summed E-state index contributed by atoms with van der Waals surface area (Å²) >= 11 is 0. The molecule has 1 amide bonds. The number of likely N-dealkylation sites (tertiary alicyclic amines) is 1. The third-order valence-corrected chi connectivity index (χ3v) is 5.28. The van der Waals surface area contributed by atoms with Gasteiger partial charge in [-0.15, -0.1) is 0 Å². The maximum atomic E-state index is 12.4. The van der Waals surface area contributed by atoms with Crippen LogP contribution in [-0.4, -0.2) is 57.4 Å². The van der Waals surface area contributed by atoms with Crippen molar-refractivity contribution in [3.63, 3.8) is 0 Å². The minimum absolute atomic E-state index is 0.115. The van der Waals surface area contributed by atoms with Gasteiger partial charge in [-0.3, -0.25) is 0 Å². The zero-order valence-electron chi connectivity index (χ0n) is 13.6. The van der Waals surface area contributed by atoms with Gasteiger partial charge in [-0.2, -0.15) is 0 Å². The maximum absolute atomic E-state index is 12.4. The molecule has 1 aromatic heterocycles. The van der Waals surface area contributed by atoms with E-state index >= 15 is 0 Å². The van der Waals surface area contributed by atoms with Crippen molar-refractivity contribution in [1.82, 2.24) is 20.3 Å². The third-order valence-electron chi connectivity index (χ3n) is 5.28. The second-order valence-corrected chi connectivity index (χ2v) is 6.86. The van der Waals surface area contributed by atoms with E-state index in [1.165, 1.54) is 0 Å². The van der Waals surface area contributed by atoms with Crippen LogP contribution < -0.4 is 10.4 Å². The van der Waals surface area contributed by atoms with Crippen molar-refractivity contribution in [2.75, 3.05) is 18.0 Å². The van der Waals surface area contributed by atoms with E-state index in [0.29, 0.717) is 19.0 Å². The van der Waals surface area contributed by atoms with Gasteiger partial charge in [0.2, 0.25) is 5.95 Å². The summed E-state index contributed by atoms with van der Waals surface area (Å²) in [4.78, 5) is 25.2. The molecule has 1 aliphatic carbocycles. The lowest BCUT2D eigenvalue weighted by Gasteiger charge is -2.34. The molecule has 2 aliphatic heterocycles. The summed E-state index contributed by atoms with van der Waals surface area (Å²) in [6, 6.07) is 0.444. The van der Waals surface area contributed by atoms with Crippen molar-refractivity contribution in [3.05, 3.63) is 18.0 Å². The number of amides is 1. The molecule has 0 spiro atoms. The molecule has 8 nitrogen and oxygen atoms in total. The molecular weight excluding hydrogens is 310 g/mol. The van der Waals surface area contributed by atoms with E-state index in [2.05, 4.69) is 20.3 Å². The first-order valence-electron chi connectivity index (χ1n) is 8.66. The van der Waals surface area contributed by atoms with Crippen LogP contribution in [0.4, 0.5) is 10.7 Å². The Balaban J connectivity index is 1.36. The van der Waals surface area contributed by atoms with Crippen LogP contribution in [0.1, 0.15) is 37.7 Å². The van der Waals surface area contributed by atoms with Gasteiger partial charge in [0.1, 0.15) is 6.10 Å². The molecule has 0 unspecified atom stereocenters. The van der Waals surface area contributed by atoms with Gasteiger partial charge < -0.3 is 19.7 Å². The van der Waals surface area contributed by atoms with Crippen LogP contribution in [0.25, 0.3) is 0 Å². The first-order chi connectivity index (χ1) is 11.7. The molecule has 3 aliphatic rings. The molecular formula is C16H23N5O3. The molecule has 8 heteroatoms. The number of nitrogens with zero attached hydrogens (tertiary/aromatic N) is 4. The van der Waals surface area contributed by atoms with E-state index in [0.717, 1.165) is 44.2 Å². The molecule has 2 atom stereocenters. The zero-order chi connectivity index (χ0) is 16.5. The largest absolute Gasteiger partial charge is 0.446 e. The number of hydrogen-bond donors (Lipinski definition) is 2. The number of nitrogens with one attached hydrogen (secondary N) is 1. The summed E-state index contributed by atoms with van der Waals surface area (Å²) in [6.45, 7) is 1.76. The Morgan fingerprint density at radius 3 is 2.62 bits per heavy atom. The molecule has 130 valence electrons. The van der Waals surface area contributed by atoms with Crippen molar-refractivity contribution < 1.29 is 14.7 Å². The average molecular weight is 333 g/mol. The first kappa shape index (κ1) is 15.6. The van der Waals surface area contributed by atoms with Crippen molar-refractivity contribution in [1.29, 1.82) is 0 Å². The molecule has 3 fully saturated rings. The van der Waals surface area contributed by atoms with Crippen LogP contribution in [0, 0.1) is 0 Å². The lowest BCUT2D eigenvalue weighted by atomic mass is 10.2. The fraction of sp³-hybridized carbons (Fsp3) is 0.688. The molecule has 2 N–H and O–H groups in total. The monoisotopic (exact) mass is 333 g/mol. The molecule has 3 heterocycles. The van der Waals surface area contributed by atoms with Crippen LogP contribution in [0.5, 0.6) is 0 Å². The minimum Gasteiger partial charge on any atom is -0.446 e. The summed E-state index contributed by atoms with van der Waals surface area (Å²) in [5.41, 5.74) is 2.92. The first-order valence-corrected chi connectivity index (χ1v) is 8.66. The van der Waals surface area contributed by atoms with E-state index < -0.39 is 0 Å². The Labute approximate surface area is 140 Å². The third kappa shape index (κ3) is 2.91. The predicted molar refractivity (Wildman–Crippen MR) is 85.6 cm³/mol. The Morgan fingerprint density at radius 2 is 2.00 bits per heavy atom. The molecule has 2 bridgehead atoms. The van der Waals surface area contributed by atoms with Crippen LogP contribution in [-0.2, 0) is 11.3 Å². The van der Waals surface area contributed by atoms with Gasteiger partial charge in [0.05, 0.1) is 12.1 Å². The minimum atomic E-state index is -0.153. The fourth-order valence-corrected chi connectivity index (χ4v) is 4.03. The van der Waals surface area contributed by atoms with Crippen LogP contribution >= 0.6 is 0 Å². The smallest absolute Gasteiger partial charge is 0.410 e. The topological polar surface area (TPSA) is 90.8 Å². The number of carbonyl (C=O) groups is 1. The van der Waals surface area contributed by atoms with Gasteiger partial charge in [-0.05, 0) is 32.1 Å². The van der Waals surface area contributed by atoms with Crippen molar-refractivity contribution in [2.45, 2.75) is 56.8 Å². The van der Waals surface area contributed by atoms with Gasteiger partial charge in [-0.1, -0.05) is 0 Å². The van der Waals surface area contributed by atoms with Crippen LogP contribution in [0.3, 0.4) is 0 Å². The van der Waals surface area contributed by atoms with E-state index in [1.54, 1.807) is 12.4 Å². The second-order valence-electron chi connectivity index (χ2n) is 6.86. The molecule has 1 aromatic rings. The highest BCUT2D eigenvalue weighted by Crippen LogP contribution is 2.34. The molecule has 24 heavy (non-hydrogen) atoms. The van der Waals surface area contributed by atoms with E-state index in [1.807, 2.05) is 4.90 Å². The molecule has 4 rings (SSSR count). The predicted octanol–water partition coefficient (Wildman–Crippen LogP) is 1.30. The summed E-state index contributed by atoms with van der Waals surface area (Å²) in [5, 5.41) is 8.70. The van der Waals surface area contributed by atoms with Crippen molar-refractivity contribution in [3.8, 4) is 0 Å². The zero-order valence-corrected chi connectivity index (χ0v) is 13.6. The average Bonchev–Trinajstić information content (AvgIpc) is 3.32. The number of aromatic nitrogens is 2. The SMILES string of the molecule is O=C(OC1CCCC1)N1C[C@@H]2C[C@H]1CN2c1ncc(CNO)cn1. The summed E-state index contributed by atoms with van der Waals surface area (Å²) in [6.07, 6.45) is 8.67. The maximum Gasteiger partial charge on any atom is 0.410 e. The summed E-state index contributed by atoms with van der Waals surface area (Å²) in [7, 11) is 0. The number of anilines is 1. The molecule has 2 saturated heterocycles. The number of hydrogen-bond acceptors (Lipinski definition) is 7. The number of ether oxygens (including phenoxy) is 1. The highest BCUT2D eigenvalue weighted by atomic mass is 16.6. The van der Waals surface area contributed by atoms with E-state index in [-0.39, 0.29) is 24.3 Å².